The summed E-state index contributed by atoms with van der Waals surface area (Å²) in [5.74, 6) is 1.22. The molecule has 0 atom stereocenters. The van der Waals surface area contributed by atoms with Crippen LogP contribution in [0.4, 0.5) is 11.5 Å². The first-order valence-corrected chi connectivity index (χ1v) is 12.4. The van der Waals surface area contributed by atoms with Crippen LogP contribution in [0.1, 0.15) is 39.0 Å². The SMILES string of the molecule is C=CCc1c(CC)nc(-c2ccc(C=Cc3ccc(OC)cc3)s2)nc1Nc1ccc(C(=O)O)cc1. The predicted octanol–water partition coefficient (Wildman–Crippen LogP) is 7.12. The number of anilines is 2. The van der Waals surface area contributed by atoms with E-state index in [1.807, 2.05) is 36.4 Å². The van der Waals surface area contributed by atoms with Gasteiger partial charge in [-0.1, -0.05) is 31.2 Å². The molecule has 36 heavy (non-hydrogen) atoms. The normalized spacial score (nSPS) is 10.9. The number of thiophene rings is 1. The topological polar surface area (TPSA) is 84.3 Å². The standard InChI is InChI=1S/C29H27N3O3S/c1-4-6-24-25(5-2)31-28(32-27(24)30-21-12-10-20(11-13-21)29(33)34)26-18-17-23(36-26)16-9-19-7-14-22(35-3)15-8-19/h4,7-18H,1,5-6H2,2-3H3,(H,33,34)(H,30,31,32). The lowest BCUT2D eigenvalue weighted by Crippen LogP contribution is -2.07. The number of hydrogen-bond donors (Lipinski definition) is 2. The molecule has 4 aromatic rings. The largest absolute Gasteiger partial charge is 0.497 e. The van der Waals surface area contributed by atoms with Crippen LogP contribution in [0.2, 0.25) is 0 Å². The molecule has 2 heterocycles. The summed E-state index contributed by atoms with van der Waals surface area (Å²) in [4.78, 5) is 23.0. The quantitative estimate of drug-likeness (QED) is 0.227. The van der Waals surface area contributed by atoms with Crippen LogP contribution in [-0.2, 0) is 12.8 Å². The van der Waals surface area contributed by atoms with Crippen molar-refractivity contribution in [1.29, 1.82) is 0 Å². The summed E-state index contributed by atoms with van der Waals surface area (Å²) >= 11 is 1.62. The maximum atomic E-state index is 11.2. The molecular weight excluding hydrogens is 470 g/mol. The number of carboxylic acids is 1. The van der Waals surface area contributed by atoms with Crippen LogP contribution in [0.5, 0.6) is 5.75 Å². The van der Waals surface area contributed by atoms with Crippen molar-refractivity contribution in [3.05, 3.63) is 101 Å². The lowest BCUT2D eigenvalue weighted by Gasteiger charge is -2.15. The Morgan fingerprint density at radius 2 is 1.81 bits per heavy atom. The Hall–Kier alpha value is -4.23. The van der Waals surface area contributed by atoms with Crippen LogP contribution >= 0.6 is 11.3 Å². The molecule has 0 saturated heterocycles. The molecule has 2 N–H and O–H groups in total. The molecular formula is C29H27N3O3S. The molecule has 0 fully saturated rings. The van der Waals surface area contributed by atoms with Gasteiger partial charge in [-0.05, 0) is 73.0 Å². The van der Waals surface area contributed by atoms with Crippen LogP contribution in [0, 0.1) is 0 Å². The molecule has 0 bridgehead atoms. The van der Waals surface area contributed by atoms with E-state index in [9.17, 15) is 9.90 Å². The molecule has 0 amide bonds. The average molecular weight is 498 g/mol. The van der Waals surface area contributed by atoms with Gasteiger partial charge in [0.1, 0.15) is 11.6 Å². The van der Waals surface area contributed by atoms with Crippen LogP contribution in [-0.4, -0.2) is 28.2 Å². The van der Waals surface area contributed by atoms with Gasteiger partial charge >= 0.3 is 5.97 Å². The summed E-state index contributed by atoms with van der Waals surface area (Å²) in [6.07, 6.45) is 7.35. The highest BCUT2D eigenvalue weighted by atomic mass is 32.1. The summed E-state index contributed by atoms with van der Waals surface area (Å²) in [7, 11) is 1.66. The number of nitrogens with one attached hydrogen (secondary N) is 1. The van der Waals surface area contributed by atoms with Crippen molar-refractivity contribution >= 4 is 41.0 Å². The van der Waals surface area contributed by atoms with Crippen molar-refractivity contribution in [2.24, 2.45) is 0 Å². The highest BCUT2D eigenvalue weighted by Gasteiger charge is 2.15. The predicted molar refractivity (Wildman–Crippen MR) is 147 cm³/mol. The molecule has 0 saturated carbocycles. The number of methoxy groups -OCH3 is 1. The summed E-state index contributed by atoms with van der Waals surface area (Å²) < 4.78 is 5.22. The third-order valence-corrected chi connectivity index (χ3v) is 6.62. The third kappa shape index (κ3) is 5.87. The van der Waals surface area contributed by atoms with Crippen molar-refractivity contribution in [2.75, 3.05) is 12.4 Å². The summed E-state index contributed by atoms with van der Waals surface area (Å²) in [5.41, 5.74) is 4.01. The van der Waals surface area contributed by atoms with Gasteiger partial charge in [-0.2, -0.15) is 0 Å². The molecule has 4 rings (SSSR count). The van der Waals surface area contributed by atoms with E-state index in [0.29, 0.717) is 18.1 Å². The minimum absolute atomic E-state index is 0.235. The number of aryl methyl sites for hydroxylation is 1. The maximum Gasteiger partial charge on any atom is 0.335 e. The number of carboxylic acid groups (broad SMARTS) is 1. The van der Waals surface area contributed by atoms with E-state index in [1.54, 1.807) is 42.7 Å². The fourth-order valence-corrected chi connectivity index (χ4v) is 4.53. The van der Waals surface area contributed by atoms with Crippen molar-refractivity contribution in [2.45, 2.75) is 19.8 Å². The molecule has 0 aliphatic carbocycles. The van der Waals surface area contributed by atoms with Gasteiger partial charge in [0.15, 0.2) is 5.82 Å². The van der Waals surface area contributed by atoms with Crippen LogP contribution in [0.25, 0.3) is 22.9 Å². The third-order valence-electron chi connectivity index (χ3n) is 5.57. The molecule has 0 aliphatic rings. The highest BCUT2D eigenvalue weighted by molar-refractivity contribution is 7.16. The van der Waals surface area contributed by atoms with Crippen molar-refractivity contribution in [3.8, 4) is 16.5 Å². The maximum absolute atomic E-state index is 11.2. The van der Waals surface area contributed by atoms with Gasteiger partial charge in [0.2, 0.25) is 0 Å². The van der Waals surface area contributed by atoms with Crippen molar-refractivity contribution < 1.29 is 14.6 Å². The Morgan fingerprint density at radius 3 is 2.44 bits per heavy atom. The zero-order chi connectivity index (χ0) is 25.5. The molecule has 0 aliphatic heterocycles. The average Bonchev–Trinajstić information content (AvgIpc) is 3.38. The van der Waals surface area contributed by atoms with Gasteiger partial charge in [0.05, 0.1) is 17.6 Å². The zero-order valence-corrected chi connectivity index (χ0v) is 21.0. The van der Waals surface area contributed by atoms with Crippen LogP contribution in [0.15, 0.2) is 73.3 Å². The van der Waals surface area contributed by atoms with E-state index in [4.69, 9.17) is 14.7 Å². The summed E-state index contributed by atoms with van der Waals surface area (Å²) in [6.45, 7) is 5.96. The second-order valence-corrected chi connectivity index (χ2v) is 9.10. The smallest absolute Gasteiger partial charge is 0.335 e. The molecule has 7 heteroatoms. The number of rotatable bonds is 10. The number of aromatic nitrogens is 2. The minimum atomic E-state index is -0.957. The van der Waals surface area contributed by atoms with E-state index in [0.717, 1.165) is 44.4 Å². The second kappa shape index (κ2) is 11.5. The Bertz CT molecular complexity index is 1390. The Balaban J connectivity index is 1.63. The van der Waals surface area contributed by atoms with E-state index < -0.39 is 5.97 Å². The molecule has 0 radical (unpaired) electrons. The first kappa shape index (κ1) is 24.9. The summed E-state index contributed by atoms with van der Waals surface area (Å²) in [5, 5.41) is 12.5. The Labute approximate surface area is 214 Å². The van der Waals surface area contributed by atoms with Gasteiger partial charge in [0.25, 0.3) is 0 Å². The van der Waals surface area contributed by atoms with Crippen molar-refractivity contribution in [3.63, 3.8) is 0 Å². The van der Waals surface area contributed by atoms with Gasteiger partial charge in [-0.25, -0.2) is 14.8 Å². The molecule has 6 nitrogen and oxygen atoms in total. The van der Waals surface area contributed by atoms with Gasteiger partial charge < -0.3 is 15.2 Å². The number of hydrogen-bond acceptors (Lipinski definition) is 6. The van der Waals surface area contributed by atoms with Gasteiger partial charge in [-0.15, -0.1) is 17.9 Å². The molecule has 2 aromatic carbocycles. The fourth-order valence-electron chi connectivity index (χ4n) is 3.68. The lowest BCUT2D eigenvalue weighted by molar-refractivity contribution is 0.0697. The van der Waals surface area contributed by atoms with E-state index in [1.165, 1.54) is 0 Å². The fraction of sp³-hybridized carbons (Fsp3) is 0.138. The lowest BCUT2D eigenvalue weighted by atomic mass is 10.1. The Morgan fingerprint density at radius 1 is 1.06 bits per heavy atom. The number of benzene rings is 2. The first-order chi connectivity index (χ1) is 17.5. The van der Waals surface area contributed by atoms with E-state index in [-0.39, 0.29) is 5.56 Å². The van der Waals surface area contributed by atoms with E-state index >= 15 is 0 Å². The Kier molecular flexibility index (Phi) is 7.92. The van der Waals surface area contributed by atoms with Crippen molar-refractivity contribution in [1.82, 2.24) is 9.97 Å². The molecule has 2 aromatic heterocycles. The zero-order valence-electron chi connectivity index (χ0n) is 20.2. The summed E-state index contributed by atoms with van der Waals surface area (Å²) in [6, 6.07) is 18.6. The molecule has 0 spiro atoms. The molecule has 182 valence electrons. The van der Waals surface area contributed by atoms with Gasteiger partial charge in [0, 0.05) is 21.8 Å². The molecule has 0 unspecified atom stereocenters. The highest BCUT2D eigenvalue weighted by Crippen LogP contribution is 2.31. The second-order valence-electron chi connectivity index (χ2n) is 7.98. The van der Waals surface area contributed by atoms with Gasteiger partial charge in [-0.3, -0.25) is 0 Å². The number of aromatic carboxylic acids is 1. The van der Waals surface area contributed by atoms with Crippen LogP contribution in [0.3, 0.4) is 0 Å². The van der Waals surface area contributed by atoms with E-state index in [2.05, 4.69) is 37.0 Å². The minimum Gasteiger partial charge on any atom is -0.497 e. The number of carbonyl (C=O) groups is 1. The number of allylic oxidation sites excluding steroid dienone is 1. The first-order valence-electron chi connectivity index (χ1n) is 11.5. The number of nitrogens with zero attached hydrogens (tertiary/aromatic N) is 2. The number of ether oxygens (including phenoxy) is 1. The van der Waals surface area contributed by atoms with Crippen LogP contribution < -0.4 is 10.1 Å². The monoisotopic (exact) mass is 497 g/mol.